The van der Waals surface area contributed by atoms with E-state index in [0.29, 0.717) is 18.1 Å². The van der Waals surface area contributed by atoms with Gasteiger partial charge in [-0.2, -0.15) is 5.10 Å². The zero-order chi connectivity index (χ0) is 17.2. The smallest absolute Gasteiger partial charge is 0.341 e. The Hall–Kier alpha value is -2.88. The minimum atomic E-state index is -0.284. The van der Waals surface area contributed by atoms with Crippen LogP contribution in [0.25, 0.3) is 16.8 Å². The number of rotatable bonds is 5. The van der Waals surface area contributed by atoms with Crippen molar-refractivity contribution in [2.75, 3.05) is 6.61 Å². The number of carbonyl (C=O) groups excluding carboxylic acids is 1. The van der Waals surface area contributed by atoms with Crippen molar-refractivity contribution in [2.45, 2.75) is 25.7 Å². The van der Waals surface area contributed by atoms with Gasteiger partial charge in [0.1, 0.15) is 5.56 Å². The van der Waals surface area contributed by atoms with Crippen LogP contribution in [0.1, 0.15) is 41.7 Å². The van der Waals surface area contributed by atoms with E-state index in [4.69, 9.17) is 4.74 Å². The number of nitrogens with zero attached hydrogens (tertiary/aromatic N) is 2. The van der Waals surface area contributed by atoms with Crippen molar-refractivity contribution in [3.05, 3.63) is 72.1 Å². The van der Waals surface area contributed by atoms with Crippen molar-refractivity contribution in [1.29, 1.82) is 0 Å². The Morgan fingerprint density at radius 3 is 2.56 bits per heavy atom. The lowest BCUT2D eigenvalue weighted by molar-refractivity contribution is 0.0525. The molecule has 0 amide bonds. The van der Waals surface area contributed by atoms with Crippen LogP contribution in [0.15, 0.2) is 60.8 Å². The highest BCUT2D eigenvalue weighted by Gasteiger charge is 2.33. The first-order valence-electron chi connectivity index (χ1n) is 8.69. The van der Waals surface area contributed by atoms with E-state index in [2.05, 4.69) is 29.4 Å². The van der Waals surface area contributed by atoms with Gasteiger partial charge in [0.05, 0.1) is 24.2 Å². The third-order valence-electron chi connectivity index (χ3n) is 4.48. The third kappa shape index (κ3) is 2.95. The van der Waals surface area contributed by atoms with E-state index in [-0.39, 0.29) is 5.97 Å². The average molecular weight is 332 g/mol. The van der Waals surface area contributed by atoms with Crippen LogP contribution in [0.5, 0.6) is 0 Å². The fourth-order valence-electron chi connectivity index (χ4n) is 3.19. The molecule has 1 fully saturated rings. The third-order valence-corrected chi connectivity index (χ3v) is 4.48. The van der Waals surface area contributed by atoms with Gasteiger partial charge in [-0.05, 0) is 31.4 Å². The molecule has 4 heteroatoms. The molecule has 0 N–H and O–H groups in total. The molecule has 3 aromatic rings. The second-order valence-corrected chi connectivity index (χ2v) is 6.23. The Morgan fingerprint density at radius 1 is 1.12 bits per heavy atom. The van der Waals surface area contributed by atoms with Gasteiger partial charge in [-0.25, -0.2) is 9.48 Å². The lowest BCUT2D eigenvalue weighted by atomic mass is 10.0. The number of esters is 1. The van der Waals surface area contributed by atoms with Crippen molar-refractivity contribution in [2.24, 2.45) is 0 Å². The molecule has 1 heterocycles. The van der Waals surface area contributed by atoms with Gasteiger partial charge in [0.15, 0.2) is 0 Å². The first kappa shape index (κ1) is 15.6. The fourth-order valence-corrected chi connectivity index (χ4v) is 3.19. The quantitative estimate of drug-likeness (QED) is 0.642. The molecule has 126 valence electrons. The van der Waals surface area contributed by atoms with E-state index in [0.717, 1.165) is 35.3 Å². The van der Waals surface area contributed by atoms with Crippen LogP contribution in [-0.2, 0) is 4.74 Å². The van der Waals surface area contributed by atoms with Crippen molar-refractivity contribution in [3.8, 4) is 16.8 Å². The van der Waals surface area contributed by atoms with Crippen LogP contribution >= 0.6 is 0 Å². The largest absolute Gasteiger partial charge is 0.462 e. The van der Waals surface area contributed by atoms with Crippen LogP contribution in [0, 0.1) is 0 Å². The van der Waals surface area contributed by atoms with Gasteiger partial charge in [0.25, 0.3) is 0 Å². The summed E-state index contributed by atoms with van der Waals surface area (Å²) >= 11 is 0. The zero-order valence-corrected chi connectivity index (χ0v) is 14.2. The Balaban J connectivity index is 1.85. The molecule has 0 radical (unpaired) electrons. The molecule has 4 rings (SSSR count). The predicted octanol–water partition coefficient (Wildman–Crippen LogP) is 4.59. The molecule has 1 aromatic heterocycles. The van der Waals surface area contributed by atoms with E-state index in [1.54, 1.807) is 6.20 Å². The molecule has 0 aliphatic heterocycles. The predicted molar refractivity (Wildman–Crippen MR) is 96.9 cm³/mol. The van der Waals surface area contributed by atoms with Gasteiger partial charge in [0, 0.05) is 11.5 Å². The van der Waals surface area contributed by atoms with Crippen LogP contribution < -0.4 is 0 Å². The minimum absolute atomic E-state index is 0.284. The molecule has 0 bridgehead atoms. The maximum atomic E-state index is 12.3. The SMILES string of the molecule is CCOC(=O)c1cnn(-c2ccccc2-c2ccccc2)c1C1CC1. The van der Waals surface area contributed by atoms with Crippen LogP contribution in [0.3, 0.4) is 0 Å². The van der Waals surface area contributed by atoms with Gasteiger partial charge in [-0.15, -0.1) is 0 Å². The molecule has 1 aliphatic carbocycles. The molecule has 0 atom stereocenters. The monoisotopic (exact) mass is 332 g/mol. The lowest BCUT2D eigenvalue weighted by Crippen LogP contribution is -2.09. The molecule has 0 spiro atoms. The Bertz CT molecular complexity index is 895. The summed E-state index contributed by atoms with van der Waals surface area (Å²) in [4.78, 5) is 12.3. The normalized spacial score (nSPS) is 13.6. The summed E-state index contributed by atoms with van der Waals surface area (Å²) in [6, 6.07) is 18.4. The maximum Gasteiger partial charge on any atom is 0.341 e. The van der Waals surface area contributed by atoms with Gasteiger partial charge >= 0.3 is 5.97 Å². The van der Waals surface area contributed by atoms with Crippen molar-refractivity contribution < 1.29 is 9.53 Å². The minimum Gasteiger partial charge on any atom is -0.462 e. The second-order valence-electron chi connectivity index (χ2n) is 6.23. The molecule has 4 nitrogen and oxygen atoms in total. The standard InChI is InChI=1S/C21H20N2O2/c1-2-25-21(24)18-14-22-23(20(18)16-12-13-16)19-11-7-6-10-17(19)15-8-4-3-5-9-15/h3-11,14,16H,2,12-13H2,1H3. The number of ether oxygens (including phenoxy) is 1. The second kappa shape index (κ2) is 6.55. The number of para-hydroxylation sites is 1. The topological polar surface area (TPSA) is 44.1 Å². The summed E-state index contributed by atoms with van der Waals surface area (Å²) < 4.78 is 7.14. The summed E-state index contributed by atoms with van der Waals surface area (Å²) in [5.74, 6) is 0.0959. The molecule has 2 aromatic carbocycles. The van der Waals surface area contributed by atoms with Gasteiger partial charge < -0.3 is 4.74 Å². The molecule has 0 unspecified atom stereocenters. The Kier molecular flexibility index (Phi) is 4.10. The number of hydrogen-bond acceptors (Lipinski definition) is 3. The molecule has 0 saturated heterocycles. The number of carbonyl (C=O) groups is 1. The maximum absolute atomic E-state index is 12.3. The van der Waals surface area contributed by atoms with E-state index in [1.165, 1.54) is 0 Å². The zero-order valence-electron chi connectivity index (χ0n) is 14.2. The van der Waals surface area contributed by atoms with Crippen LogP contribution in [-0.4, -0.2) is 22.4 Å². The summed E-state index contributed by atoms with van der Waals surface area (Å²) in [5, 5.41) is 4.55. The lowest BCUT2D eigenvalue weighted by Gasteiger charge is -2.13. The summed E-state index contributed by atoms with van der Waals surface area (Å²) in [5.41, 5.74) is 4.79. The average Bonchev–Trinajstić information content (AvgIpc) is 3.40. The Morgan fingerprint density at radius 2 is 1.84 bits per heavy atom. The number of hydrogen-bond donors (Lipinski definition) is 0. The van der Waals surface area contributed by atoms with E-state index in [1.807, 2.05) is 41.9 Å². The van der Waals surface area contributed by atoms with Gasteiger partial charge in [0.2, 0.25) is 0 Å². The molecular weight excluding hydrogens is 312 g/mol. The molecule has 1 saturated carbocycles. The number of benzene rings is 2. The molecule has 1 aliphatic rings. The summed E-state index contributed by atoms with van der Waals surface area (Å²) in [6.07, 6.45) is 3.82. The highest BCUT2D eigenvalue weighted by molar-refractivity contribution is 5.91. The van der Waals surface area contributed by atoms with Crippen molar-refractivity contribution in [1.82, 2.24) is 9.78 Å². The molecule has 25 heavy (non-hydrogen) atoms. The van der Waals surface area contributed by atoms with Gasteiger partial charge in [-0.1, -0.05) is 48.5 Å². The molecular formula is C21H20N2O2. The summed E-state index contributed by atoms with van der Waals surface area (Å²) in [6.45, 7) is 2.19. The van der Waals surface area contributed by atoms with Crippen LogP contribution in [0.2, 0.25) is 0 Å². The highest BCUT2D eigenvalue weighted by atomic mass is 16.5. The fraction of sp³-hybridized carbons (Fsp3) is 0.238. The van der Waals surface area contributed by atoms with Gasteiger partial charge in [-0.3, -0.25) is 0 Å². The van der Waals surface area contributed by atoms with E-state index >= 15 is 0 Å². The van der Waals surface area contributed by atoms with Crippen molar-refractivity contribution in [3.63, 3.8) is 0 Å². The van der Waals surface area contributed by atoms with Crippen molar-refractivity contribution >= 4 is 5.97 Å². The first-order valence-corrected chi connectivity index (χ1v) is 8.69. The summed E-state index contributed by atoms with van der Waals surface area (Å²) in [7, 11) is 0. The van der Waals surface area contributed by atoms with E-state index < -0.39 is 0 Å². The Labute approximate surface area is 147 Å². The van der Waals surface area contributed by atoms with Crippen LogP contribution in [0.4, 0.5) is 0 Å². The highest BCUT2D eigenvalue weighted by Crippen LogP contribution is 2.43. The number of aromatic nitrogens is 2. The van der Waals surface area contributed by atoms with E-state index in [9.17, 15) is 4.79 Å². The first-order chi connectivity index (χ1) is 12.3.